The van der Waals surface area contributed by atoms with Gasteiger partial charge in [-0.3, -0.25) is 0 Å². The van der Waals surface area contributed by atoms with E-state index in [1.807, 2.05) is 24.3 Å². The highest BCUT2D eigenvalue weighted by molar-refractivity contribution is 6.09. The van der Waals surface area contributed by atoms with E-state index in [0.717, 1.165) is 68.4 Å². The molecule has 2 heterocycles. The molecule has 8 aromatic rings. The van der Waals surface area contributed by atoms with Crippen molar-refractivity contribution in [2.45, 2.75) is 12.8 Å². The van der Waals surface area contributed by atoms with Gasteiger partial charge in [-0.2, -0.15) is 10.5 Å². The summed E-state index contributed by atoms with van der Waals surface area (Å²) in [5, 5.41) is 23.9. The molecular formula is C44H28N4. The van der Waals surface area contributed by atoms with Gasteiger partial charge in [0.2, 0.25) is 0 Å². The van der Waals surface area contributed by atoms with E-state index in [1.165, 1.54) is 22.0 Å². The fourth-order valence-corrected chi connectivity index (χ4v) is 7.61. The van der Waals surface area contributed by atoms with Crippen LogP contribution in [0.5, 0.6) is 0 Å². The molecule has 0 bridgehead atoms. The number of nitrogens with zero attached hydrogens (tertiary/aromatic N) is 4. The van der Waals surface area contributed by atoms with Crippen LogP contribution in [0.4, 0.5) is 0 Å². The van der Waals surface area contributed by atoms with Gasteiger partial charge in [0.05, 0.1) is 45.5 Å². The molecular weight excluding hydrogens is 585 g/mol. The van der Waals surface area contributed by atoms with E-state index in [-0.39, 0.29) is 0 Å². The zero-order valence-corrected chi connectivity index (χ0v) is 26.1. The minimum Gasteiger partial charge on any atom is -0.312 e. The van der Waals surface area contributed by atoms with Crippen molar-refractivity contribution in [3.63, 3.8) is 0 Å². The Kier molecular flexibility index (Phi) is 6.35. The number of benzene rings is 6. The Bertz CT molecular complexity index is 2650. The molecule has 4 nitrogen and oxygen atoms in total. The number of aromatic nitrogens is 2. The third kappa shape index (κ3) is 4.14. The summed E-state index contributed by atoms with van der Waals surface area (Å²) in [5.74, 6) is 0. The number of allylic oxidation sites excluding steroid dienone is 1. The van der Waals surface area contributed by atoms with E-state index in [9.17, 15) is 10.5 Å². The Labute approximate surface area is 278 Å². The molecule has 48 heavy (non-hydrogen) atoms. The van der Waals surface area contributed by atoms with E-state index in [0.29, 0.717) is 11.1 Å². The van der Waals surface area contributed by atoms with Crippen LogP contribution in [0.3, 0.4) is 0 Å². The zero-order chi connectivity index (χ0) is 32.2. The minimum atomic E-state index is 0.617. The topological polar surface area (TPSA) is 57.4 Å². The fraction of sp³-hybridized carbons (Fsp3) is 0.0455. The summed E-state index contributed by atoms with van der Waals surface area (Å²) in [6.45, 7) is 0. The van der Waals surface area contributed by atoms with Gasteiger partial charge < -0.3 is 9.13 Å². The molecule has 1 aliphatic carbocycles. The lowest BCUT2D eigenvalue weighted by atomic mass is 9.91. The van der Waals surface area contributed by atoms with Gasteiger partial charge in [0.1, 0.15) is 0 Å². The van der Waals surface area contributed by atoms with E-state index in [2.05, 4.69) is 143 Å². The van der Waals surface area contributed by atoms with E-state index in [4.69, 9.17) is 0 Å². The molecule has 2 aromatic heterocycles. The second kappa shape index (κ2) is 11.0. The Morgan fingerprint density at radius 1 is 0.521 bits per heavy atom. The van der Waals surface area contributed by atoms with Crippen molar-refractivity contribution in [2.75, 3.05) is 0 Å². The summed E-state index contributed by atoms with van der Waals surface area (Å²) < 4.78 is 4.60. The minimum absolute atomic E-state index is 0.617. The number of hydrogen-bond donors (Lipinski definition) is 0. The average molecular weight is 613 g/mol. The largest absolute Gasteiger partial charge is 0.312 e. The van der Waals surface area contributed by atoms with Crippen molar-refractivity contribution in [1.29, 1.82) is 10.5 Å². The molecule has 9 rings (SSSR count). The van der Waals surface area contributed by atoms with E-state index < -0.39 is 0 Å². The van der Waals surface area contributed by atoms with Gasteiger partial charge in [0, 0.05) is 44.2 Å². The molecule has 0 amide bonds. The average Bonchev–Trinajstić information content (AvgIpc) is 3.67. The summed E-state index contributed by atoms with van der Waals surface area (Å²) >= 11 is 0. The van der Waals surface area contributed by atoms with Crippen LogP contribution < -0.4 is 0 Å². The molecule has 0 aliphatic heterocycles. The number of rotatable bonds is 4. The second-order valence-corrected chi connectivity index (χ2v) is 12.3. The zero-order valence-electron chi connectivity index (χ0n) is 26.1. The van der Waals surface area contributed by atoms with Gasteiger partial charge in [-0.05, 0) is 66.4 Å². The predicted octanol–water partition coefficient (Wildman–Crippen LogP) is 10.8. The lowest BCUT2D eigenvalue weighted by Gasteiger charge is -2.19. The third-order valence-electron chi connectivity index (χ3n) is 9.69. The van der Waals surface area contributed by atoms with Crippen LogP contribution in [0.2, 0.25) is 0 Å². The van der Waals surface area contributed by atoms with E-state index in [1.54, 1.807) is 0 Å². The maximum absolute atomic E-state index is 10.6. The Hall–Kier alpha value is -6.62. The third-order valence-corrected chi connectivity index (χ3v) is 9.69. The molecule has 0 fully saturated rings. The van der Waals surface area contributed by atoms with Gasteiger partial charge >= 0.3 is 0 Å². The maximum atomic E-state index is 10.6. The molecule has 0 spiro atoms. The van der Waals surface area contributed by atoms with Crippen LogP contribution in [-0.4, -0.2) is 9.13 Å². The Morgan fingerprint density at radius 2 is 1.19 bits per heavy atom. The standard InChI is InChI=1S/C44H28N4/c45-27-29-21-23-39-38-16-6-10-20-43(38)48(44(39)25-29)42-19-9-3-13-35(42)34-12-2-1-11-33(34)32-24-22-31(26-30(32)28-46)47-40-17-7-4-14-36(40)37-15-5-8-18-41(37)47/h1-9,11-19,21-26H,10,20H2. The normalized spacial score (nSPS) is 12.3. The Balaban J connectivity index is 1.24. The van der Waals surface area contributed by atoms with Gasteiger partial charge in [0.25, 0.3) is 0 Å². The quantitative estimate of drug-likeness (QED) is 0.199. The molecule has 6 aromatic carbocycles. The summed E-state index contributed by atoms with van der Waals surface area (Å²) in [6, 6.07) is 50.8. The lowest BCUT2D eigenvalue weighted by Crippen LogP contribution is -2.05. The van der Waals surface area contributed by atoms with Crippen molar-refractivity contribution in [1.82, 2.24) is 9.13 Å². The summed E-state index contributed by atoms with van der Waals surface area (Å²) in [6.07, 6.45) is 6.34. The molecule has 0 unspecified atom stereocenters. The van der Waals surface area contributed by atoms with Gasteiger partial charge in [-0.15, -0.1) is 0 Å². The molecule has 0 saturated heterocycles. The molecule has 0 radical (unpaired) electrons. The Morgan fingerprint density at radius 3 is 1.92 bits per heavy atom. The van der Waals surface area contributed by atoms with Crippen LogP contribution >= 0.6 is 0 Å². The highest BCUT2D eigenvalue weighted by atomic mass is 15.0. The summed E-state index contributed by atoms with van der Waals surface area (Å²) in [7, 11) is 0. The van der Waals surface area contributed by atoms with Crippen molar-refractivity contribution in [3.05, 3.63) is 162 Å². The molecule has 0 saturated carbocycles. The number of hydrogen-bond acceptors (Lipinski definition) is 2. The van der Waals surface area contributed by atoms with Gasteiger partial charge in [-0.1, -0.05) is 103 Å². The molecule has 4 heteroatoms. The van der Waals surface area contributed by atoms with Crippen LogP contribution in [0, 0.1) is 22.7 Å². The highest BCUT2D eigenvalue weighted by Gasteiger charge is 2.22. The first kappa shape index (κ1) is 27.7. The van der Waals surface area contributed by atoms with Crippen molar-refractivity contribution >= 4 is 38.8 Å². The first-order chi connectivity index (χ1) is 23.7. The monoisotopic (exact) mass is 612 g/mol. The molecule has 1 aliphatic rings. The van der Waals surface area contributed by atoms with Gasteiger partial charge in [-0.25, -0.2) is 0 Å². The maximum Gasteiger partial charge on any atom is 0.0998 e. The van der Waals surface area contributed by atoms with Crippen LogP contribution in [0.15, 0.2) is 140 Å². The van der Waals surface area contributed by atoms with Gasteiger partial charge in [0.15, 0.2) is 0 Å². The van der Waals surface area contributed by atoms with Crippen molar-refractivity contribution < 1.29 is 0 Å². The first-order valence-electron chi connectivity index (χ1n) is 16.2. The van der Waals surface area contributed by atoms with Crippen LogP contribution in [0.1, 0.15) is 28.8 Å². The second-order valence-electron chi connectivity index (χ2n) is 12.3. The van der Waals surface area contributed by atoms with Crippen LogP contribution in [0.25, 0.3) is 72.4 Å². The summed E-state index contributed by atoms with van der Waals surface area (Å²) in [5.41, 5.74) is 13.0. The molecule has 0 atom stereocenters. The highest BCUT2D eigenvalue weighted by Crippen LogP contribution is 2.42. The lowest BCUT2D eigenvalue weighted by molar-refractivity contribution is 0.889. The van der Waals surface area contributed by atoms with Crippen LogP contribution in [-0.2, 0) is 6.42 Å². The molecule has 224 valence electrons. The van der Waals surface area contributed by atoms with Crippen molar-refractivity contribution in [3.8, 4) is 45.8 Å². The smallest absolute Gasteiger partial charge is 0.0998 e. The predicted molar refractivity (Wildman–Crippen MR) is 195 cm³/mol. The molecule has 0 N–H and O–H groups in total. The number of nitriles is 2. The fourth-order valence-electron chi connectivity index (χ4n) is 7.61. The number of fused-ring (bicyclic) bond motifs is 6. The first-order valence-corrected chi connectivity index (χ1v) is 16.2. The SMILES string of the molecule is N#Cc1ccc2c3c(n(-c4ccccc4-c4ccccc4-c4ccc(-n5c6ccccc6c6ccccc65)cc4C#N)c2c1)CCC=C3. The van der Waals surface area contributed by atoms with Crippen molar-refractivity contribution in [2.24, 2.45) is 0 Å². The number of para-hydroxylation sites is 3. The van der Waals surface area contributed by atoms with E-state index >= 15 is 0 Å². The summed E-state index contributed by atoms with van der Waals surface area (Å²) in [4.78, 5) is 0.